The molecule has 1 saturated carbocycles. The van der Waals surface area contributed by atoms with E-state index in [1.165, 1.54) is 31.3 Å². The third kappa shape index (κ3) is 3.95. The minimum Gasteiger partial charge on any atom is -0.310 e. The highest BCUT2D eigenvalue weighted by Gasteiger charge is 2.19. The van der Waals surface area contributed by atoms with Gasteiger partial charge in [0.05, 0.1) is 0 Å². The van der Waals surface area contributed by atoms with Gasteiger partial charge in [-0.05, 0) is 32.6 Å². The van der Waals surface area contributed by atoms with E-state index < -0.39 is 0 Å². The van der Waals surface area contributed by atoms with Crippen molar-refractivity contribution in [3.63, 3.8) is 0 Å². The maximum atomic E-state index is 3.63. The molecule has 76 valence electrons. The van der Waals surface area contributed by atoms with Crippen LogP contribution in [-0.2, 0) is 0 Å². The summed E-state index contributed by atoms with van der Waals surface area (Å²) in [4.78, 5) is 0. The summed E-state index contributed by atoms with van der Waals surface area (Å²) in [6.45, 7) is 7.74. The van der Waals surface area contributed by atoms with Crippen molar-refractivity contribution in [1.82, 2.24) is 5.32 Å². The average Bonchev–Trinajstić information content (AvgIpc) is 2.08. The lowest BCUT2D eigenvalue weighted by molar-refractivity contribution is 0.288. The Bertz CT molecular complexity index is 168. The topological polar surface area (TPSA) is 12.0 Å². The molecule has 1 rings (SSSR count). The van der Waals surface area contributed by atoms with Gasteiger partial charge in [0.15, 0.2) is 0 Å². The van der Waals surface area contributed by atoms with Crippen LogP contribution in [0.3, 0.4) is 0 Å². The largest absolute Gasteiger partial charge is 0.310 e. The number of hydrogen-bond acceptors (Lipinski definition) is 1. The van der Waals surface area contributed by atoms with Crippen molar-refractivity contribution < 1.29 is 0 Å². The lowest BCUT2D eigenvalue weighted by Gasteiger charge is -2.29. The van der Waals surface area contributed by atoms with E-state index in [0.717, 1.165) is 18.5 Å². The maximum Gasteiger partial charge on any atom is 0.0140 e. The van der Waals surface area contributed by atoms with Crippen molar-refractivity contribution in [2.24, 2.45) is 5.92 Å². The smallest absolute Gasteiger partial charge is 0.0140 e. The molecule has 1 heteroatoms. The van der Waals surface area contributed by atoms with E-state index >= 15 is 0 Å². The Morgan fingerprint density at radius 2 is 2.00 bits per heavy atom. The highest BCUT2D eigenvalue weighted by molar-refractivity contribution is 4.95. The quantitative estimate of drug-likeness (QED) is 0.660. The first kappa shape index (κ1) is 10.8. The summed E-state index contributed by atoms with van der Waals surface area (Å²) >= 11 is 0. The van der Waals surface area contributed by atoms with E-state index in [9.17, 15) is 0 Å². The van der Waals surface area contributed by atoms with E-state index in [1.807, 2.05) is 0 Å². The van der Waals surface area contributed by atoms with Crippen LogP contribution in [0.15, 0.2) is 11.6 Å². The van der Waals surface area contributed by atoms with Crippen LogP contribution in [0.4, 0.5) is 0 Å². The van der Waals surface area contributed by atoms with Gasteiger partial charge in [-0.25, -0.2) is 0 Å². The lowest BCUT2D eigenvalue weighted by atomic mass is 9.86. The van der Waals surface area contributed by atoms with Crippen LogP contribution in [0.1, 0.15) is 46.5 Å². The van der Waals surface area contributed by atoms with Gasteiger partial charge < -0.3 is 5.32 Å². The summed E-state index contributed by atoms with van der Waals surface area (Å²) in [5.41, 5.74) is 1.41. The Labute approximate surface area is 82.6 Å². The average molecular weight is 181 g/mol. The minimum absolute atomic E-state index is 0.768. The molecule has 0 bridgehead atoms. The van der Waals surface area contributed by atoms with Gasteiger partial charge in [0, 0.05) is 12.6 Å². The van der Waals surface area contributed by atoms with Crippen LogP contribution in [0.2, 0.25) is 0 Å². The molecular weight excluding hydrogens is 158 g/mol. The van der Waals surface area contributed by atoms with Crippen molar-refractivity contribution in [3.8, 4) is 0 Å². The van der Waals surface area contributed by atoms with E-state index in [2.05, 4.69) is 32.2 Å². The monoisotopic (exact) mass is 181 g/mol. The Morgan fingerprint density at radius 3 is 2.62 bits per heavy atom. The summed E-state index contributed by atoms with van der Waals surface area (Å²) < 4.78 is 0. The molecule has 1 aliphatic rings. The number of hydrogen-bond donors (Lipinski definition) is 1. The predicted octanol–water partition coefficient (Wildman–Crippen LogP) is 3.12. The fourth-order valence-corrected chi connectivity index (χ4v) is 2.03. The highest BCUT2D eigenvalue weighted by Crippen LogP contribution is 2.23. The Balaban J connectivity index is 2.23. The first-order valence-corrected chi connectivity index (χ1v) is 5.57. The van der Waals surface area contributed by atoms with E-state index in [0.29, 0.717) is 0 Å². The SMILES string of the molecule is CC(C)=CCNC1CCCCC1C. The second-order valence-electron chi connectivity index (χ2n) is 4.56. The second-order valence-corrected chi connectivity index (χ2v) is 4.56. The van der Waals surface area contributed by atoms with Gasteiger partial charge in [-0.3, -0.25) is 0 Å². The molecule has 2 atom stereocenters. The van der Waals surface area contributed by atoms with Gasteiger partial charge in [0.25, 0.3) is 0 Å². The Morgan fingerprint density at radius 1 is 1.31 bits per heavy atom. The maximum absolute atomic E-state index is 3.63. The first-order chi connectivity index (χ1) is 6.20. The number of rotatable bonds is 3. The van der Waals surface area contributed by atoms with E-state index in [-0.39, 0.29) is 0 Å². The summed E-state index contributed by atoms with van der Waals surface area (Å²) in [5.74, 6) is 0.874. The molecule has 0 radical (unpaired) electrons. The lowest BCUT2D eigenvalue weighted by Crippen LogP contribution is -2.37. The predicted molar refractivity (Wildman–Crippen MR) is 58.9 cm³/mol. The summed E-state index contributed by atoms with van der Waals surface area (Å²) in [6.07, 6.45) is 7.91. The Kier molecular flexibility index (Phi) is 4.51. The molecule has 1 nitrogen and oxygen atoms in total. The van der Waals surface area contributed by atoms with Crippen LogP contribution >= 0.6 is 0 Å². The van der Waals surface area contributed by atoms with Crippen molar-refractivity contribution >= 4 is 0 Å². The minimum atomic E-state index is 0.768. The van der Waals surface area contributed by atoms with Gasteiger partial charge >= 0.3 is 0 Å². The zero-order valence-corrected chi connectivity index (χ0v) is 9.27. The van der Waals surface area contributed by atoms with Crippen molar-refractivity contribution in [2.45, 2.75) is 52.5 Å². The molecule has 0 aromatic rings. The summed E-state index contributed by atoms with van der Waals surface area (Å²) in [7, 11) is 0. The van der Waals surface area contributed by atoms with Crippen molar-refractivity contribution in [3.05, 3.63) is 11.6 Å². The van der Waals surface area contributed by atoms with Crippen LogP contribution in [0.25, 0.3) is 0 Å². The van der Waals surface area contributed by atoms with Gasteiger partial charge in [-0.1, -0.05) is 31.4 Å². The summed E-state index contributed by atoms with van der Waals surface area (Å²) in [5, 5.41) is 3.63. The highest BCUT2D eigenvalue weighted by atomic mass is 14.9. The van der Waals surface area contributed by atoms with Gasteiger partial charge in [-0.15, -0.1) is 0 Å². The van der Waals surface area contributed by atoms with Crippen LogP contribution < -0.4 is 5.32 Å². The molecule has 1 aliphatic carbocycles. The first-order valence-electron chi connectivity index (χ1n) is 5.57. The zero-order chi connectivity index (χ0) is 9.68. The second kappa shape index (κ2) is 5.43. The molecule has 13 heavy (non-hydrogen) atoms. The molecule has 1 fully saturated rings. The third-order valence-corrected chi connectivity index (χ3v) is 3.00. The molecule has 0 heterocycles. The molecule has 0 aliphatic heterocycles. The van der Waals surface area contributed by atoms with Crippen LogP contribution in [0, 0.1) is 5.92 Å². The van der Waals surface area contributed by atoms with Crippen molar-refractivity contribution in [2.75, 3.05) is 6.54 Å². The fourth-order valence-electron chi connectivity index (χ4n) is 2.03. The summed E-state index contributed by atoms with van der Waals surface area (Å²) in [6, 6.07) is 0.768. The van der Waals surface area contributed by atoms with Gasteiger partial charge in [0.2, 0.25) is 0 Å². The van der Waals surface area contributed by atoms with Gasteiger partial charge in [0.1, 0.15) is 0 Å². The van der Waals surface area contributed by atoms with E-state index in [1.54, 1.807) is 0 Å². The fraction of sp³-hybridized carbons (Fsp3) is 0.833. The molecule has 0 saturated heterocycles. The number of allylic oxidation sites excluding steroid dienone is 1. The molecule has 0 amide bonds. The molecule has 1 N–H and O–H groups in total. The molecular formula is C12H23N. The normalized spacial score (nSPS) is 28.5. The Hall–Kier alpha value is -0.300. The molecule has 0 aromatic heterocycles. The molecule has 0 spiro atoms. The van der Waals surface area contributed by atoms with Crippen molar-refractivity contribution in [1.29, 1.82) is 0 Å². The van der Waals surface area contributed by atoms with E-state index in [4.69, 9.17) is 0 Å². The van der Waals surface area contributed by atoms with Gasteiger partial charge in [-0.2, -0.15) is 0 Å². The van der Waals surface area contributed by atoms with Crippen LogP contribution in [0.5, 0.6) is 0 Å². The zero-order valence-electron chi connectivity index (χ0n) is 9.27. The standard InChI is InChI=1S/C12H23N/c1-10(2)8-9-13-12-7-5-4-6-11(12)3/h8,11-13H,4-7,9H2,1-3H3. The molecule has 2 unspecified atom stereocenters. The van der Waals surface area contributed by atoms with Crippen LogP contribution in [-0.4, -0.2) is 12.6 Å². The molecule has 0 aromatic carbocycles. The number of nitrogens with one attached hydrogen (secondary N) is 1. The third-order valence-electron chi connectivity index (χ3n) is 3.00.